The van der Waals surface area contributed by atoms with Gasteiger partial charge in [-0.1, -0.05) is 60.7 Å². The van der Waals surface area contributed by atoms with E-state index in [2.05, 4.69) is 4.98 Å². The van der Waals surface area contributed by atoms with E-state index in [9.17, 15) is 9.90 Å². The van der Waals surface area contributed by atoms with Crippen molar-refractivity contribution in [1.29, 1.82) is 0 Å². The summed E-state index contributed by atoms with van der Waals surface area (Å²) < 4.78 is 0. The van der Waals surface area contributed by atoms with Crippen LogP contribution >= 0.6 is 0 Å². The molecule has 0 radical (unpaired) electrons. The van der Waals surface area contributed by atoms with E-state index < -0.39 is 5.97 Å². The molecule has 0 atom stereocenters. The van der Waals surface area contributed by atoms with Crippen molar-refractivity contribution >= 4 is 27.6 Å². The van der Waals surface area contributed by atoms with Crippen molar-refractivity contribution < 1.29 is 9.90 Å². The maximum atomic E-state index is 11.7. The summed E-state index contributed by atoms with van der Waals surface area (Å²) in [5, 5.41) is 12.6. The number of fused-ring (bicyclic) bond motifs is 2. The highest BCUT2D eigenvalue weighted by molar-refractivity contribution is 6.05. The number of nitrogens with zero attached hydrogens (tertiary/aromatic N) is 1. The summed E-state index contributed by atoms with van der Waals surface area (Å²) in [5.41, 5.74) is 2.31. The molecule has 1 N–H and O–H groups in total. The van der Waals surface area contributed by atoms with Crippen molar-refractivity contribution in [2.45, 2.75) is 0 Å². The highest BCUT2D eigenvalue weighted by Crippen LogP contribution is 2.32. The Morgan fingerprint density at radius 1 is 0.783 bits per heavy atom. The number of carboxylic acid groups (broad SMARTS) is 1. The molecule has 0 aliphatic carbocycles. The van der Waals surface area contributed by atoms with Crippen LogP contribution in [0.25, 0.3) is 32.8 Å². The van der Waals surface area contributed by atoms with E-state index in [1.54, 1.807) is 0 Å². The summed E-state index contributed by atoms with van der Waals surface area (Å²) in [7, 11) is 0. The van der Waals surface area contributed by atoms with E-state index in [-0.39, 0.29) is 5.69 Å². The van der Waals surface area contributed by atoms with Crippen LogP contribution in [0.3, 0.4) is 0 Å². The number of aromatic nitrogens is 1. The monoisotopic (exact) mass is 299 g/mol. The molecular weight excluding hydrogens is 286 g/mol. The largest absolute Gasteiger partial charge is 0.476 e. The van der Waals surface area contributed by atoms with E-state index in [0.29, 0.717) is 11.1 Å². The smallest absolute Gasteiger partial charge is 0.355 e. The minimum Gasteiger partial charge on any atom is -0.476 e. The molecule has 3 nitrogen and oxygen atoms in total. The molecule has 110 valence electrons. The number of carboxylic acids is 1. The van der Waals surface area contributed by atoms with Gasteiger partial charge in [0.1, 0.15) is 0 Å². The van der Waals surface area contributed by atoms with Crippen LogP contribution in [0.1, 0.15) is 10.5 Å². The third kappa shape index (κ3) is 2.23. The molecule has 0 saturated heterocycles. The first-order valence-electron chi connectivity index (χ1n) is 7.35. The fourth-order valence-electron chi connectivity index (χ4n) is 2.94. The first-order valence-corrected chi connectivity index (χ1v) is 7.35. The van der Waals surface area contributed by atoms with Crippen LogP contribution in [-0.2, 0) is 0 Å². The third-order valence-corrected chi connectivity index (χ3v) is 4.01. The van der Waals surface area contributed by atoms with Crippen molar-refractivity contribution in [3.8, 4) is 11.1 Å². The minimum absolute atomic E-state index is 0.0834. The molecule has 0 spiro atoms. The van der Waals surface area contributed by atoms with Gasteiger partial charge in [-0.05, 0) is 28.5 Å². The summed E-state index contributed by atoms with van der Waals surface area (Å²) in [4.78, 5) is 16.1. The van der Waals surface area contributed by atoms with Crippen LogP contribution in [0.2, 0.25) is 0 Å². The number of aromatic carboxylic acids is 1. The molecule has 3 aromatic carbocycles. The lowest BCUT2D eigenvalue weighted by molar-refractivity contribution is 0.0692. The summed E-state index contributed by atoms with van der Waals surface area (Å²) >= 11 is 0. The van der Waals surface area contributed by atoms with Crippen molar-refractivity contribution in [1.82, 2.24) is 4.98 Å². The number of carbonyl (C=O) groups is 1. The summed E-state index contributed by atoms with van der Waals surface area (Å²) in [6.45, 7) is 0. The predicted molar refractivity (Wildman–Crippen MR) is 91.6 cm³/mol. The van der Waals surface area contributed by atoms with Crippen molar-refractivity contribution in [3.63, 3.8) is 0 Å². The second-order valence-corrected chi connectivity index (χ2v) is 5.41. The quantitative estimate of drug-likeness (QED) is 0.581. The van der Waals surface area contributed by atoms with E-state index in [1.807, 2.05) is 72.8 Å². The molecule has 0 unspecified atom stereocenters. The molecule has 4 aromatic rings. The molecule has 4 rings (SSSR count). The van der Waals surface area contributed by atoms with E-state index in [1.165, 1.54) is 0 Å². The molecule has 1 heterocycles. The molecule has 23 heavy (non-hydrogen) atoms. The Bertz CT molecular complexity index is 1050. The molecule has 0 saturated carbocycles. The average Bonchev–Trinajstić information content (AvgIpc) is 2.60. The molecule has 0 fully saturated rings. The summed E-state index contributed by atoms with van der Waals surface area (Å²) in [6, 6.07) is 23.3. The van der Waals surface area contributed by atoms with Gasteiger partial charge in [0.2, 0.25) is 0 Å². The van der Waals surface area contributed by atoms with Crippen LogP contribution in [-0.4, -0.2) is 16.1 Å². The van der Waals surface area contributed by atoms with Crippen LogP contribution in [0.5, 0.6) is 0 Å². The lowest BCUT2D eigenvalue weighted by atomic mass is 9.96. The summed E-state index contributed by atoms with van der Waals surface area (Å²) in [5.74, 6) is -1.02. The van der Waals surface area contributed by atoms with Crippen molar-refractivity contribution in [3.05, 3.63) is 78.5 Å². The van der Waals surface area contributed by atoms with Gasteiger partial charge >= 0.3 is 5.97 Å². The lowest BCUT2D eigenvalue weighted by Gasteiger charge is -2.11. The van der Waals surface area contributed by atoms with Crippen LogP contribution < -0.4 is 0 Å². The van der Waals surface area contributed by atoms with Gasteiger partial charge in [0.15, 0.2) is 5.69 Å². The molecule has 3 heteroatoms. The first kappa shape index (κ1) is 13.5. The second-order valence-electron chi connectivity index (χ2n) is 5.41. The molecule has 0 aliphatic rings. The Labute approximate surface area is 132 Å². The fraction of sp³-hybridized carbons (Fsp3) is 0. The number of para-hydroxylation sites is 1. The molecule has 0 bridgehead atoms. The standard InChI is InChI=1S/C20H13NO2/c22-20(23)19-17(12-14-7-2-4-11-18(14)21-19)16-10-5-8-13-6-1-3-9-15(13)16/h1-12H,(H,22,23). The third-order valence-electron chi connectivity index (χ3n) is 4.01. The Balaban J connectivity index is 2.11. The van der Waals surface area contributed by atoms with Crippen LogP contribution in [0.4, 0.5) is 0 Å². The van der Waals surface area contributed by atoms with Gasteiger partial charge in [0.05, 0.1) is 5.52 Å². The first-order chi connectivity index (χ1) is 11.2. The second kappa shape index (κ2) is 5.21. The van der Waals surface area contributed by atoms with Crippen LogP contribution in [0.15, 0.2) is 72.8 Å². The van der Waals surface area contributed by atoms with Gasteiger partial charge in [-0.15, -0.1) is 0 Å². The Kier molecular flexibility index (Phi) is 3.05. The van der Waals surface area contributed by atoms with Gasteiger partial charge in [0.25, 0.3) is 0 Å². The fourth-order valence-corrected chi connectivity index (χ4v) is 2.94. The Hall–Kier alpha value is -3.20. The molecular formula is C20H13NO2. The maximum Gasteiger partial charge on any atom is 0.355 e. The van der Waals surface area contributed by atoms with Gasteiger partial charge in [-0.25, -0.2) is 9.78 Å². The lowest BCUT2D eigenvalue weighted by Crippen LogP contribution is -2.04. The van der Waals surface area contributed by atoms with Crippen LogP contribution in [0, 0.1) is 0 Å². The van der Waals surface area contributed by atoms with Gasteiger partial charge in [0, 0.05) is 10.9 Å². The zero-order chi connectivity index (χ0) is 15.8. The predicted octanol–water partition coefficient (Wildman–Crippen LogP) is 4.75. The number of hydrogen-bond acceptors (Lipinski definition) is 2. The number of hydrogen-bond donors (Lipinski definition) is 1. The summed E-state index contributed by atoms with van der Waals surface area (Å²) in [6.07, 6.45) is 0. The minimum atomic E-state index is -1.02. The molecule has 1 aromatic heterocycles. The van der Waals surface area contributed by atoms with E-state index in [4.69, 9.17) is 0 Å². The number of benzene rings is 3. The maximum absolute atomic E-state index is 11.7. The number of pyridine rings is 1. The zero-order valence-corrected chi connectivity index (χ0v) is 12.2. The molecule has 0 aliphatic heterocycles. The topological polar surface area (TPSA) is 50.2 Å². The Morgan fingerprint density at radius 3 is 2.30 bits per heavy atom. The van der Waals surface area contributed by atoms with Crippen molar-refractivity contribution in [2.75, 3.05) is 0 Å². The van der Waals surface area contributed by atoms with Gasteiger partial charge in [-0.3, -0.25) is 0 Å². The van der Waals surface area contributed by atoms with Gasteiger partial charge in [-0.2, -0.15) is 0 Å². The highest BCUT2D eigenvalue weighted by atomic mass is 16.4. The van der Waals surface area contributed by atoms with E-state index in [0.717, 1.165) is 21.7 Å². The van der Waals surface area contributed by atoms with E-state index >= 15 is 0 Å². The number of rotatable bonds is 2. The van der Waals surface area contributed by atoms with Gasteiger partial charge < -0.3 is 5.11 Å². The normalized spacial score (nSPS) is 11.0. The zero-order valence-electron chi connectivity index (χ0n) is 12.2. The Morgan fingerprint density at radius 2 is 1.48 bits per heavy atom. The van der Waals surface area contributed by atoms with Crippen molar-refractivity contribution in [2.24, 2.45) is 0 Å². The SMILES string of the molecule is O=C(O)c1nc2ccccc2cc1-c1cccc2ccccc12. The molecule has 0 amide bonds. The average molecular weight is 299 g/mol. The highest BCUT2D eigenvalue weighted by Gasteiger charge is 2.16.